The smallest absolute Gasteiger partial charge is 0.249 e. The monoisotopic (exact) mass is 177 g/mol. The van der Waals surface area contributed by atoms with E-state index in [4.69, 9.17) is 10.5 Å². The third-order valence-corrected chi connectivity index (χ3v) is 2.06. The van der Waals surface area contributed by atoms with Crippen LogP contribution in [0.1, 0.15) is 21.6 Å². The van der Waals surface area contributed by atoms with Crippen LogP contribution in [0.3, 0.4) is 0 Å². The second kappa shape index (κ2) is 3.14. The minimum Gasteiger partial charge on any atom is -0.376 e. The molecule has 0 aromatic carbocycles. The van der Waals surface area contributed by atoms with Crippen LogP contribution in [0.2, 0.25) is 0 Å². The molecule has 4 nitrogen and oxygen atoms in total. The molecule has 13 heavy (non-hydrogen) atoms. The van der Waals surface area contributed by atoms with E-state index in [1.807, 2.05) is 0 Å². The van der Waals surface area contributed by atoms with E-state index in [0.717, 1.165) is 17.7 Å². The Morgan fingerprint density at radius 1 is 1.69 bits per heavy atom. The first-order valence-electron chi connectivity index (χ1n) is 4.05. The number of nitrogens with two attached hydrogens (primary N) is 1. The first kappa shape index (κ1) is 8.19. The Balaban J connectivity index is 2.52. The highest BCUT2D eigenvalue weighted by molar-refractivity contribution is 5.94. The van der Waals surface area contributed by atoms with Crippen LogP contribution in [0.15, 0.2) is 6.20 Å². The summed E-state index contributed by atoms with van der Waals surface area (Å²) >= 11 is 0. The summed E-state index contributed by atoms with van der Waals surface area (Å²) in [4.78, 5) is 15.1. The predicted molar refractivity (Wildman–Crippen MR) is 45.0 cm³/mol. The number of ether oxygens (including phenoxy) is 1. The SMILES string of the molecule is NC(=O)c1[c]cnc2c1COCC2. The second-order valence-corrected chi connectivity index (χ2v) is 2.87. The topological polar surface area (TPSA) is 65.2 Å². The summed E-state index contributed by atoms with van der Waals surface area (Å²) < 4.78 is 5.22. The average molecular weight is 177 g/mol. The number of fused-ring (bicyclic) bond motifs is 1. The van der Waals surface area contributed by atoms with Gasteiger partial charge in [0.1, 0.15) is 0 Å². The molecule has 1 radical (unpaired) electrons. The molecule has 2 rings (SSSR count). The molecular formula is C9H9N2O2. The largest absolute Gasteiger partial charge is 0.376 e. The quantitative estimate of drug-likeness (QED) is 0.659. The highest BCUT2D eigenvalue weighted by Gasteiger charge is 2.17. The molecule has 0 atom stereocenters. The van der Waals surface area contributed by atoms with E-state index in [1.165, 1.54) is 6.20 Å². The Morgan fingerprint density at radius 2 is 2.54 bits per heavy atom. The number of rotatable bonds is 1. The van der Waals surface area contributed by atoms with E-state index < -0.39 is 5.91 Å². The molecule has 1 amide bonds. The highest BCUT2D eigenvalue weighted by Crippen LogP contribution is 2.17. The van der Waals surface area contributed by atoms with Gasteiger partial charge in [-0.1, -0.05) is 0 Å². The van der Waals surface area contributed by atoms with Crippen molar-refractivity contribution in [3.8, 4) is 0 Å². The van der Waals surface area contributed by atoms with Crippen LogP contribution < -0.4 is 5.73 Å². The lowest BCUT2D eigenvalue weighted by Crippen LogP contribution is -2.20. The van der Waals surface area contributed by atoms with Crippen molar-refractivity contribution < 1.29 is 9.53 Å². The van der Waals surface area contributed by atoms with E-state index in [2.05, 4.69) is 11.1 Å². The number of hydrogen-bond acceptors (Lipinski definition) is 3. The molecule has 0 saturated carbocycles. The van der Waals surface area contributed by atoms with E-state index in [1.54, 1.807) is 0 Å². The summed E-state index contributed by atoms with van der Waals surface area (Å²) in [6, 6.07) is 2.73. The number of hydrogen-bond donors (Lipinski definition) is 1. The van der Waals surface area contributed by atoms with Crippen LogP contribution in [0.5, 0.6) is 0 Å². The van der Waals surface area contributed by atoms with Gasteiger partial charge in [0.2, 0.25) is 5.91 Å². The molecule has 0 unspecified atom stereocenters. The molecule has 0 fully saturated rings. The Labute approximate surface area is 75.7 Å². The van der Waals surface area contributed by atoms with Gasteiger partial charge in [-0.3, -0.25) is 9.78 Å². The van der Waals surface area contributed by atoms with Crippen molar-refractivity contribution in [3.63, 3.8) is 0 Å². The molecule has 2 heterocycles. The molecule has 0 bridgehead atoms. The Morgan fingerprint density at radius 3 is 3.31 bits per heavy atom. The summed E-state index contributed by atoms with van der Waals surface area (Å²) in [5.41, 5.74) is 7.29. The van der Waals surface area contributed by atoms with Crippen LogP contribution in [0.25, 0.3) is 0 Å². The lowest BCUT2D eigenvalue weighted by molar-refractivity contribution is 0.0962. The molecule has 67 valence electrons. The molecule has 0 aliphatic carbocycles. The van der Waals surface area contributed by atoms with Gasteiger partial charge in [0.25, 0.3) is 0 Å². The van der Waals surface area contributed by atoms with Gasteiger partial charge in [-0.25, -0.2) is 0 Å². The molecule has 1 aromatic rings. The number of pyridine rings is 1. The fourth-order valence-electron chi connectivity index (χ4n) is 1.42. The zero-order valence-corrected chi connectivity index (χ0v) is 7.04. The fraction of sp³-hybridized carbons (Fsp3) is 0.333. The first-order chi connectivity index (χ1) is 6.29. The lowest BCUT2D eigenvalue weighted by atomic mass is 10.0. The molecule has 0 saturated heterocycles. The zero-order chi connectivity index (χ0) is 9.26. The van der Waals surface area contributed by atoms with Crippen molar-refractivity contribution in [2.75, 3.05) is 6.61 Å². The van der Waals surface area contributed by atoms with Crippen molar-refractivity contribution in [3.05, 3.63) is 29.1 Å². The minimum atomic E-state index is -0.468. The standard InChI is InChI=1S/C9H9N2O2/c10-9(12)6-1-3-11-8-2-4-13-5-7(6)8/h3H,2,4-5H2,(H2,10,12). The summed E-state index contributed by atoms with van der Waals surface area (Å²) in [5, 5.41) is 0. The summed E-state index contributed by atoms with van der Waals surface area (Å²) in [7, 11) is 0. The highest BCUT2D eigenvalue weighted by atomic mass is 16.5. The maximum Gasteiger partial charge on any atom is 0.249 e. The van der Waals surface area contributed by atoms with E-state index in [-0.39, 0.29) is 0 Å². The van der Waals surface area contributed by atoms with Gasteiger partial charge >= 0.3 is 0 Å². The molecule has 0 spiro atoms. The maximum atomic E-state index is 11.0. The van der Waals surface area contributed by atoms with E-state index >= 15 is 0 Å². The fourth-order valence-corrected chi connectivity index (χ4v) is 1.42. The van der Waals surface area contributed by atoms with Gasteiger partial charge in [-0.2, -0.15) is 0 Å². The summed E-state index contributed by atoms with van der Waals surface area (Å²) in [6.07, 6.45) is 2.23. The van der Waals surface area contributed by atoms with Crippen molar-refractivity contribution in [1.29, 1.82) is 0 Å². The molecule has 2 N–H and O–H groups in total. The third-order valence-electron chi connectivity index (χ3n) is 2.06. The number of carbonyl (C=O) groups excluding carboxylic acids is 1. The van der Waals surface area contributed by atoms with Gasteiger partial charge in [0.05, 0.1) is 18.8 Å². The average Bonchev–Trinajstić information content (AvgIpc) is 2.17. The Kier molecular flexibility index (Phi) is 1.98. The summed E-state index contributed by atoms with van der Waals surface area (Å²) in [6.45, 7) is 1.07. The van der Waals surface area contributed by atoms with Crippen LogP contribution in [-0.2, 0) is 17.8 Å². The van der Waals surface area contributed by atoms with Crippen molar-refractivity contribution >= 4 is 5.91 Å². The molecule has 4 heteroatoms. The Hall–Kier alpha value is -1.42. The van der Waals surface area contributed by atoms with Crippen LogP contribution in [0.4, 0.5) is 0 Å². The minimum absolute atomic E-state index is 0.407. The van der Waals surface area contributed by atoms with Crippen molar-refractivity contribution in [1.82, 2.24) is 4.98 Å². The van der Waals surface area contributed by atoms with Crippen molar-refractivity contribution in [2.24, 2.45) is 5.73 Å². The molecule has 1 aromatic heterocycles. The normalized spacial score (nSPS) is 15.1. The predicted octanol–water partition coefficient (Wildman–Crippen LogP) is 0.0534. The van der Waals surface area contributed by atoms with Gasteiger partial charge < -0.3 is 10.5 Å². The van der Waals surface area contributed by atoms with Crippen molar-refractivity contribution in [2.45, 2.75) is 13.0 Å². The van der Waals surface area contributed by atoms with E-state index in [0.29, 0.717) is 18.8 Å². The van der Waals surface area contributed by atoms with Crippen LogP contribution >= 0.6 is 0 Å². The maximum absolute atomic E-state index is 11.0. The number of primary amides is 1. The number of carbonyl (C=O) groups is 1. The zero-order valence-electron chi connectivity index (χ0n) is 7.04. The van der Waals surface area contributed by atoms with Crippen LogP contribution in [-0.4, -0.2) is 17.5 Å². The number of nitrogens with zero attached hydrogens (tertiary/aromatic N) is 1. The van der Waals surface area contributed by atoms with E-state index in [9.17, 15) is 4.79 Å². The molecular weight excluding hydrogens is 168 g/mol. The number of amides is 1. The van der Waals surface area contributed by atoms with Crippen LogP contribution in [0, 0.1) is 6.07 Å². The first-order valence-corrected chi connectivity index (χ1v) is 4.05. The van der Waals surface area contributed by atoms with Gasteiger partial charge in [0.15, 0.2) is 0 Å². The Bertz CT molecular complexity index is 349. The molecule has 1 aliphatic rings. The molecule has 1 aliphatic heterocycles. The third kappa shape index (κ3) is 1.40. The second-order valence-electron chi connectivity index (χ2n) is 2.87. The van der Waals surface area contributed by atoms with Gasteiger partial charge in [0, 0.05) is 29.9 Å². The van der Waals surface area contributed by atoms with Gasteiger partial charge in [-0.05, 0) is 0 Å². The lowest BCUT2D eigenvalue weighted by Gasteiger charge is -2.16. The van der Waals surface area contributed by atoms with Gasteiger partial charge in [-0.15, -0.1) is 0 Å². The number of aromatic nitrogens is 1. The summed E-state index contributed by atoms with van der Waals surface area (Å²) in [5.74, 6) is -0.468.